The summed E-state index contributed by atoms with van der Waals surface area (Å²) in [6.45, 7) is 0.630. The summed E-state index contributed by atoms with van der Waals surface area (Å²) in [5.74, 6) is -0.103. The van der Waals surface area contributed by atoms with Crippen molar-refractivity contribution in [3.63, 3.8) is 0 Å². The van der Waals surface area contributed by atoms with E-state index in [4.69, 9.17) is 0 Å². The number of para-hydroxylation sites is 3. The first-order chi connectivity index (χ1) is 12.8. The first-order valence-electron chi connectivity index (χ1n) is 8.79. The molecule has 3 aromatic carbocycles. The van der Waals surface area contributed by atoms with Gasteiger partial charge >= 0.3 is 0 Å². The van der Waals surface area contributed by atoms with E-state index < -0.39 is 0 Å². The van der Waals surface area contributed by atoms with Crippen LogP contribution in [-0.4, -0.2) is 22.4 Å². The normalized spacial score (nSPS) is 10.9. The number of amides is 1. The Balaban J connectivity index is 1.50. The zero-order valence-corrected chi connectivity index (χ0v) is 14.4. The highest BCUT2D eigenvalue weighted by molar-refractivity contribution is 6.05. The highest BCUT2D eigenvalue weighted by atomic mass is 16.1. The average molecular weight is 341 g/mol. The van der Waals surface area contributed by atoms with Crippen LogP contribution in [0.15, 0.2) is 72.8 Å². The van der Waals surface area contributed by atoms with Gasteiger partial charge in [-0.1, -0.05) is 48.5 Å². The molecule has 1 aromatic heterocycles. The number of aryl methyl sites for hydroxylation is 1. The van der Waals surface area contributed by atoms with Crippen LogP contribution < -0.4 is 5.32 Å². The molecule has 4 rings (SSSR count). The predicted octanol–water partition coefficient (Wildman–Crippen LogP) is 4.15. The molecule has 26 heavy (non-hydrogen) atoms. The molecule has 0 radical (unpaired) electrons. The highest BCUT2D eigenvalue weighted by Crippen LogP contribution is 2.19. The maximum Gasteiger partial charge on any atom is 0.253 e. The Kier molecular flexibility index (Phi) is 4.56. The lowest BCUT2D eigenvalue weighted by molar-refractivity contribution is 0.0954. The second-order valence-corrected chi connectivity index (χ2v) is 6.23. The third kappa shape index (κ3) is 3.40. The summed E-state index contributed by atoms with van der Waals surface area (Å²) >= 11 is 0. The van der Waals surface area contributed by atoms with Gasteiger partial charge in [-0.3, -0.25) is 4.79 Å². The number of carbonyl (C=O) groups excluding carboxylic acids is 1. The number of benzene rings is 3. The SMILES string of the molecule is O=C(NCCCc1ccccc1)c1cccc2nc3ccccc3nc12. The molecular weight excluding hydrogens is 322 g/mol. The van der Waals surface area contributed by atoms with Gasteiger partial charge in [0, 0.05) is 6.54 Å². The summed E-state index contributed by atoms with van der Waals surface area (Å²) in [5.41, 5.74) is 4.86. The van der Waals surface area contributed by atoms with Gasteiger partial charge in [0.2, 0.25) is 0 Å². The van der Waals surface area contributed by atoms with Crippen molar-refractivity contribution < 1.29 is 4.79 Å². The monoisotopic (exact) mass is 341 g/mol. The van der Waals surface area contributed by atoms with Gasteiger partial charge in [0.25, 0.3) is 5.91 Å². The zero-order chi connectivity index (χ0) is 17.8. The Labute approximate surface area is 151 Å². The number of nitrogens with zero attached hydrogens (tertiary/aromatic N) is 2. The van der Waals surface area contributed by atoms with Crippen LogP contribution in [0.3, 0.4) is 0 Å². The first kappa shape index (κ1) is 16.2. The fraction of sp³-hybridized carbons (Fsp3) is 0.136. The number of nitrogens with one attached hydrogen (secondary N) is 1. The van der Waals surface area contributed by atoms with Gasteiger partial charge in [-0.15, -0.1) is 0 Å². The maximum absolute atomic E-state index is 12.6. The molecule has 0 spiro atoms. The summed E-state index contributed by atoms with van der Waals surface area (Å²) < 4.78 is 0. The molecule has 0 saturated heterocycles. The quantitative estimate of drug-likeness (QED) is 0.438. The standard InChI is InChI=1S/C22H19N3O/c26-22(23-15-7-10-16-8-2-1-3-9-16)17-11-6-14-20-21(17)25-19-13-5-4-12-18(19)24-20/h1-6,8-9,11-14H,7,10,15H2,(H,23,26). The third-order valence-electron chi connectivity index (χ3n) is 4.38. The largest absolute Gasteiger partial charge is 0.352 e. The molecule has 0 atom stereocenters. The Morgan fingerprint density at radius 2 is 1.46 bits per heavy atom. The van der Waals surface area contributed by atoms with Crippen molar-refractivity contribution >= 4 is 28.0 Å². The minimum absolute atomic E-state index is 0.103. The van der Waals surface area contributed by atoms with Crippen molar-refractivity contribution in [3.8, 4) is 0 Å². The van der Waals surface area contributed by atoms with E-state index in [0.29, 0.717) is 17.6 Å². The lowest BCUT2D eigenvalue weighted by atomic mass is 10.1. The van der Waals surface area contributed by atoms with Gasteiger partial charge in [0.05, 0.1) is 22.1 Å². The van der Waals surface area contributed by atoms with Gasteiger partial charge in [0.1, 0.15) is 5.52 Å². The lowest BCUT2D eigenvalue weighted by Gasteiger charge is -2.08. The van der Waals surface area contributed by atoms with Crippen LogP contribution in [0.25, 0.3) is 22.1 Å². The van der Waals surface area contributed by atoms with Crippen molar-refractivity contribution in [2.24, 2.45) is 0 Å². The molecule has 0 aliphatic carbocycles. The zero-order valence-electron chi connectivity index (χ0n) is 14.4. The van der Waals surface area contributed by atoms with Crippen LogP contribution in [0.1, 0.15) is 22.3 Å². The number of fused-ring (bicyclic) bond motifs is 2. The molecule has 0 fully saturated rings. The number of hydrogen-bond acceptors (Lipinski definition) is 3. The van der Waals surface area contributed by atoms with Crippen LogP contribution in [-0.2, 0) is 6.42 Å². The highest BCUT2D eigenvalue weighted by Gasteiger charge is 2.12. The van der Waals surface area contributed by atoms with Gasteiger partial charge in [0.15, 0.2) is 0 Å². The minimum atomic E-state index is -0.103. The maximum atomic E-state index is 12.6. The summed E-state index contributed by atoms with van der Waals surface area (Å²) in [4.78, 5) is 21.9. The molecule has 4 aromatic rings. The van der Waals surface area contributed by atoms with Crippen LogP contribution in [0, 0.1) is 0 Å². The van der Waals surface area contributed by atoms with Crippen molar-refractivity contribution in [3.05, 3.63) is 83.9 Å². The van der Waals surface area contributed by atoms with Crippen molar-refractivity contribution in [2.75, 3.05) is 6.54 Å². The van der Waals surface area contributed by atoms with Crippen molar-refractivity contribution in [2.45, 2.75) is 12.8 Å². The fourth-order valence-corrected chi connectivity index (χ4v) is 3.06. The number of rotatable bonds is 5. The summed E-state index contributed by atoms with van der Waals surface area (Å²) in [7, 11) is 0. The minimum Gasteiger partial charge on any atom is -0.352 e. The van der Waals surface area contributed by atoms with Crippen LogP contribution in [0.2, 0.25) is 0 Å². The molecule has 0 bridgehead atoms. The van der Waals surface area contributed by atoms with E-state index in [1.54, 1.807) is 6.07 Å². The van der Waals surface area contributed by atoms with Gasteiger partial charge in [-0.2, -0.15) is 0 Å². The molecule has 4 heteroatoms. The van der Waals surface area contributed by atoms with E-state index in [9.17, 15) is 4.79 Å². The summed E-state index contributed by atoms with van der Waals surface area (Å²) in [6.07, 6.45) is 1.84. The van der Waals surface area contributed by atoms with E-state index in [-0.39, 0.29) is 5.91 Å². The van der Waals surface area contributed by atoms with E-state index in [1.807, 2.05) is 54.6 Å². The smallest absolute Gasteiger partial charge is 0.253 e. The molecule has 0 aliphatic rings. The Morgan fingerprint density at radius 3 is 2.27 bits per heavy atom. The molecule has 128 valence electrons. The predicted molar refractivity (Wildman–Crippen MR) is 104 cm³/mol. The van der Waals surface area contributed by atoms with Crippen molar-refractivity contribution in [1.82, 2.24) is 15.3 Å². The number of aromatic nitrogens is 2. The van der Waals surface area contributed by atoms with Gasteiger partial charge in [-0.25, -0.2) is 9.97 Å². The van der Waals surface area contributed by atoms with E-state index in [0.717, 1.165) is 29.4 Å². The summed E-state index contributed by atoms with van der Waals surface area (Å²) in [5, 5.41) is 3.00. The van der Waals surface area contributed by atoms with E-state index in [2.05, 4.69) is 27.4 Å². The molecule has 0 aliphatic heterocycles. The molecular formula is C22H19N3O. The van der Waals surface area contributed by atoms with Gasteiger partial charge < -0.3 is 5.32 Å². The molecule has 1 N–H and O–H groups in total. The lowest BCUT2D eigenvalue weighted by Crippen LogP contribution is -2.25. The molecule has 0 saturated carbocycles. The molecule has 1 heterocycles. The second kappa shape index (κ2) is 7.31. The van der Waals surface area contributed by atoms with Gasteiger partial charge in [-0.05, 0) is 42.7 Å². The Morgan fingerprint density at radius 1 is 0.769 bits per heavy atom. The fourth-order valence-electron chi connectivity index (χ4n) is 3.06. The van der Waals surface area contributed by atoms with Crippen LogP contribution in [0.4, 0.5) is 0 Å². The Bertz CT molecular complexity index is 1060. The molecule has 1 amide bonds. The van der Waals surface area contributed by atoms with Crippen LogP contribution in [0.5, 0.6) is 0 Å². The van der Waals surface area contributed by atoms with Crippen LogP contribution >= 0.6 is 0 Å². The Hall–Kier alpha value is -3.27. The number of hydrogen-bond donors (Lipinski definition) is 1. The molecule has 0 unspecified atom stereocenters. The second-order valence-electron chi connectivity index (χ2n) is 6.23. The average Bonchev–Trinajstić information content (AvgIpc) is 2.70. The van der Waals surface area contributed by atoms with E-state index >= 15 is 0 Å². The third-order valence-corrected chi connectivity index (χ3v) is 4.38. The molecule has 4 nitrogen and oxygen atoms in total. The summed E-state index contributed by atoms with van der Waals surface area (Å²) in [6, 6.07) is 23.5. The van der Waals surface area contributed by atoms with E-state index in [1.165, 1.54) is 5.56 Å². The first-order valence-corrected chi connectivity index (χ1v) is 8.79. The topological polar surface area (TPSA) is 54.9 Å². The van der Waals surface area contributed by atoms with Crippen molar-refractivity contribution in [1.29, 1.82) is 0 Å². The number of carbonyl (C=O) groups is 1.